The second-order valence-electron chi connectivity index (χ2n) is 6.57. The molecule has 0 aromatic rings. The van der Waals surface area contributed by atoms with Crippen molar-refractivity contribution in [1.82, 2.24) is 15.5 Å². The molecule has 2 N–H and O–H groups in total. The van der Waals surface area contributed by atoms with Gasteiger partial charge in [0.2, 0.25) is 5.91 Å². The van der Waals surface area contributed by atoms with Crippen molar-refractivity contribution in [2.75, 3.05) is 19.6 Å². The van der Waals surface area contributed by atoms with Gasteiger partial charge in [-0.1, -0.05) is 0 Å². The lowest BCUT2D eigenvalue weighted by Gasteiger charge is -2.35. The summed E-state index contributed by atoms with van der Waals surface area (Å²) in [6.07, 6.45) is 2.97. The number of hydrogen-bond acceptors (Lipinski definition) is 4. The number of piperazine rings is 1. The first kappa shape index (κ1) is 15.1. The average molecular weight is 283 g/mol. The number of rotatable bonds is 2. The van der Waals surface area contributed by atoms with Gasteiger partial charge in [-0.3, -0.25) is 4.79 Å². The molecule has 0 radical (unpaired) electrons. The molecule has 1 aliphatic carbocycles. The molecule has 1 heterocycles. The third kappa shape index (κ3) is 4.10. The number of ether oxygens (including phenoxy) is 1. The molecule has 1 unspecified atom stereocenters. The zero-order valence-corrected chi connectivity index (χ0v) is 12.6. The molecular weight excluding hydrogens is 258 g/mol. The molecule has 2 amide bonds. The largest absolute Gasteiger partial charge is 0.444 e. The molecule has 0 aromatic carbocycles. The van der Waals surface area contributed by atoms with Crippen LogP contribution in [0.5, 0.6) is 0 Å². The minimum atomic E-state index is -0.508. The second kappa shape index (κ2) is 5.99. The Labute approximate surface area is 120 Å². The minimum absolute atomic E-state index is 0.0111. The van der Waals surface area contributed by atoms with E-state index in [9.17, 15) is 9.59 Å². The number of carbonyl (C=O) groups is 2. The molecule has 1 saturated heterocycles. The molecule has 0 aromatic heterocycles. The van der Waals surface area contributed by atoms with E-state index in [0.717, 1.165) is 12.8 Å². The smallest absolute Gasteiger partial charge is 0.410 e. The van der Waals surface area contributed by atoms with Gasteiger partial charge in [0.05, 0.1) is 0 Å². The van der Waals surface area contributed by atoms with Crippen LogP contribution in [0.2, 0.25) is 0 Å². The summed E-state index contributed by atoms with van der Waals surface area (Å²) in [6.45, 7) is 7.08. The molecule has 6 heteroatoms. The fourth-order valence-electron chi connectivity index (χ4n) is 2.27. The quantitative estimate of drug-likeness (QED) is 0.788. The Morgan fingerprint density at radius 3 is 2.55 bits per heavy atom. The SMILES string of the molecule is CC(C)(C)OC(=O)N1CCNC(C(=O)NC2CCC2)C1. The first-order valence-corrected chi connectivity index (χ1v) is 7.37. The normalized spacial score (nSPS) is 23.9. The third-order valence-corrected chi connectivity index (χ3v) is 3.60. The van der Waals surface area contributed by atoms with Crippen molar-refractivity contribution < 1.29 is 14.3 Å². The summed E-state index contributed by atoms with van der Waals surface area (Å²) in [4.78, 5) is 25.7. The number of carbonyl (C=O) groups excluding carboxylic acids is 2. The highest BCUT2D eigenvalue weighted by Gasteiger charge is 2.32. The van der Waals surface area contributed by atoms with Crippen LogP contribution in [0.25, 0.3) is 0 Å². The van der Waals surface area contributed by atoms with E-state index >= 15 is 0 Å². The highest BCUT2D eigenvalue weighted by molar-refractivity contribution is 5.83. The van der Waals surface area contributed by atoms with Crippen LogP contribution in [0, 0.1) is 0 Å². The maximum absolute atomic E-state index is 12.1. The van der Waals surface area contributed by atoms with Crippen molar-refractivity contribution >= 4 is 12.0 Å². The molecule has 2 aliphatic rings. The van der Waals surface area contributed by atoms with Gasteiger partial charge in [0.1, 0.15) is 11.6 Å². The summed E-state index contributed by atoms with van der Waals surface area (Å²) in [5.41, 5.74) is -0.508. The van der Waals surface area contributed by atoms with Crippen molar-refractivity contribution in [3.05, 3.63) is 0 Å². The van der Waals surface area contributed by atoms with Gasteiger partial charge in [0, 0.05) is 25.7 Å². The van der Waals surface area contributed by atoms with Gasteiger partial charge >= 0.3 is 6.09 Å². The van der Waals surface area contributed by atoms with E-state index in [1.165, 1.54) is 6.42 Å². The Morgan fingerprint density at radius 1 is 1.30 bits per heavy atom. The van der Waals surface area contributed by atoms with Crippen LogP contribution in [-0.2, 0) is 9.53 Å². The van der Waals surface area contributed by atoms with Crippen LogP contribution < -0.4 is 10.6 Å². The lowest BCUT2D eigenvalue weighted by molar-refractivity contribution is -0.125. The Balaban J connectivity index is 1.84. The van der Waals surface area contributed by atoms with Crippen molar-refractivity contribution in [3.8, 4) is 0 Å². The van der Waals surface area contributed by atoms with Gasteiger partial charge < -0.3 is 20.3 Å². The maximum Gasteiger partial charge on any atom is 0.410 e. The third-order valence-electron chi connectivity index (χ3n) is 3.60. The zero-order chi connectivity index (χ0) is 14.8. The van der Waals surface area contributed by atoms with Crippen molar-refractivity contribution in [2.45, 2.75) is 57.7 Å². The van der Waals surface area contributed by atoms with Gasteiger partial charge in [-0.15, -0.1) is 0 Å². The van der Waals surface area contributed by atoms with Gasteiger partial charge in [-0.05, 0) is 40.0 Å². The van der Waals surface area contributed by atoms with Crippen LogP contribution in [0.1, 0.15) is 40.0 Å². The Hall–Kier alpha value is -1.30. The van der Waals surface area contributed by atoms with E-state index in [1.54, 1.807) is 4.90 Å². The molecule has 6 nitrogen and oxygen atoms in total. The lowest BCUT2D eigenvalue weighted by Crippen LogP contribution is -2.60. The standard InChI is InChI=1S/C14H25N3O3/c1-14(2,3)20-13(19)17-8-7-15-11(9-17)12(18)16-10-5-4-6-10/h10-11,15H,4-9H2,1-3H3,(H,16,18). The van der Waals surface area contributed by atoms with E-state index in [0.29, 0.717) is 25.7 Å². The molecule has 1 aliphatic heterocycles. The Kier molecular flexibility index (Phi) is 4.52. The van der Waals surface area contributed by atoms with E-state index in [4.69, 9.17) is 4.74 Å². The molecule has 1 saturated carbocycles. The maximum atomic E-state index is 12.1. The van der Waals surface area contributed by atoms with Gasteiger partial charge in [-0.25, -0.2) is 4.79 Å². The molecule has 0 spiro atoms. The summed E-state index contributed by atoms with van der Waals surface area (Å²) in [7, 11) is 0. The molecule has 2 fully saturated rings. The zero-order valence-electron chi connectivity index (χ0n) is 12.6. The molecule has 20 heavy (non-hydrogen) atoms. The van der Waals surface area contributed by atoms with Crippen molar-refractivity contribution in [1.29, 1.82) is 0 Å². The van der Waals surface area contributed by atoms with Crippen LogP contribution in [0.4, 0.5) is 4.79 Å². The molecular formula is C14H25N3O3. The monoisotopic (exact) mass is 283 g/mol. The number of amides is 2. The Morgan fingerprint density at radius 2 is 2.00 bits per heavy atom. The highest BCUT2D eigenvalue weighted by Crippen LogP contribution is 2.18. The van der Waals surface area contributed by atoms with Crippen molar-refractivity contribution in [2.24, 2.45) is 0 Å². The molecule has 2 rings (SSSR count). The predicted molar refractivity (Wildman–Crippen MR) is 75.4 cm³/mol. The van der Waals surface area contributed by atoms with Gasteiger partial charge in [-0.2, -0.15) is 0 Å². The number of nitrogens with one attached hydrogen (secondary N) is 2. The minimum Gasteiger partial charge on any atom is -0.444 e. The van der Waals surface area contributed by atoms with Gasteiger partial charge in [0.25, 0.3) is 0 Å². The second-order valence-corrected chi connectivity index (χ2v) is 6.57. The van der Waals surface area contributed by atoms with E-state index in [2.05, 4.69) is 10.6 Å². The predicted octanol–water partition coefficient (Wildman–Crippen LogP) is 0.864. The highest BCUT2D eigenvalue weighted by atomic mass is 16.6. The van der Waals surface area contributed by atoms with E-state index in [-0.39, 0.29) is 18.0 Å². The molecule has 0 bridgehead atoms. The number of hydrogen-bond donors (Lipinski definition) is 2. The summed E-state index contributed by atoms with van der Waals surface area (Å²) >= 11 is 0. The van der Waals surface area contributed by atoms with Crippen molar-refractivity contribution in [3.63, 3.8) is 0 Å². The molecule has 1 atom stereocenters. The summed E-state index contributed by atoms with van der Waals surface area (Å²) < 4.78 is 5.35. The summed E-state index contributed by atoms with van der Waals surface area (Å²) in [5.74, 6) is -0.0111. The number of nitrogens with zero attached hydrogens (tertiary/aromatic N) is 1. The Bertz CT molecular complexity index is 374. The summed E-state index contributed by atoms with van der Waals surface area (Å²) in [6, 6.07) is -0.0157. The average Bonchev–Trinajstić information content (AvgIpc) is 2.31. The summed E-state index contributed by atoms with van der Waals surface area (Å²) in [5, 5.41) is 6.17. The van der Waals surface area contributed by atoms with Gasteiger partial charge in [0.15, 0.2) is 0 Å². The van der Waals surface area contributed by atoms with Crippen LogP contribution >= 0.6 is 0 Å². The van der Waals surface area contributed by atoms with Crippen LogP contribution in [0.15, 0.2) is 0 Å². The fourth-order valence-corrected chi connectivity index (χ4v) is 2.27. The molecule has 114 valence electrons. The lowest BCUT2D eigenvalue weighted by atomic mass is 9.93. The van der Waals surface area contributed by atoms with E-state index < -0.39 is 5.60 Å². The fraction of sp³-hybridized carbons (Fsp3) is 0.857. The topological polar surface area (TPSA) is 70.7 Å². The van der Waals surface area contributed by atoms with E-state index in [1.807, 2.05) is 20.8 Å². The first-order chi connectivity index (χ1) is 9.35. The van der Waals surface area contributed by atoms with Crippen LogP contribution in [-0.4, -0.2) is 54.2 Å². The first-order valence-electron chi connectivity index (χ1n) is 7.37. The van der Waals surface area contributed by atoms with Crippen LogP contribution in [0.3, 0.4) is 0 Å².